The Kier molecular flexibility index (Phi) is 2.42. The zero-order chi connectivity index (χ0) is 9.35. The van der Waals surface area contributed by atoms with Gasteiger partial charge >= 0.3 is 5.97 Å². The molecule has 0 saturated heterocycles. The van der Waals surface area contributed by atoms with Crippen molar-refractivity contribution in [1.29, 1.82) is 0 Å². The molecule has 0 aromatic carbocycles. The molecule has 0 aliphatic heterocycles. The molecule has 0 spiro atoms. The van der Waals surface area contributed by atoms with E-state index in [0.29, 0.717) is 5.92 Å². The van der Waals surface area contributed by atoms with Gasteiger partial charge in [0.2, 0.25) is 0 Å². The highest BCUT2D eigenvalue weighted by atomic mass is 16.5. The van der Waals surface area contributed by atoms with E-state index in [1.165, 1.54) is 7.11 Å². The van der Waals surface area contributed by atoms with E-state index >= 15 is 0 Å². The van der Waals surface area contributed by atoms with E-state index in [1.807, 2.05) is 13.8 Å². The van der Waals surface area contributed by atoms with Crippen molar-refractivity contribution in [2.24, 2.45) is 17.1 Å². The van der Waals surface area contributed by atoms with Crippen LogP contribution in [-0.4, -0.2) is 19.1 Å². The fourth-order valence-corrected chi connectivity index (χ4v) is 1.65. The van der Waals surface area contributed by atoms with Gasteiger partial charge in [-0.2, -0.15) is 0 Å². The fourth-order valence-electron chi connectivity index (χ4n) is 1.65. The molecule has 1 aliphatic carbocycles. The van der Waals surface area contributed by atoms with Gasteiger partial charge in [0.15, 0.2) is 0 Å². The maximum atomic E-state index is 11.3. The molecule has 1 fully saturated rings. The number of ether oxygens (including phenoxy) is 1. The summed E-state index contributed by atoms with van der Waals surface area (Å²) in [6.07, 6.45) is 1.78. The molecule has 0 aromatic rings. The summed E-state index contributed by atoms with van der Waals surface area (Å²) in [6, 6.07) is -0.0510. The van der Waals surface area contributed by atoms with Gasteiger partial charge in [0.05, 0.1) is 12.5 Å². The van der Waals surface area contributed by atoms with Crippen LogP contribution in [0.25, 0.3) is 0 Å². The molecule has 3 nitrogen and oxygen atoms in total. The average molecular weight is 171 g/mol. The number of nitrogens with two attached hydrogens (primary N) is 1. The molecule has 2 N–H and O–H groups in total. The molecule has 0 heterocycles. The zero-order valence-corrected chi connectivity index (χ0v) is 7.96. The van der Waals surface area contributed by atoms with Crippen LogP contribution < -0.4 is 5.73 Å². The van der Waals surface area contributed by atoms with E-state index in [1.54, 1.807) is 0 Å². The number of carbonyl (C=O) groups is 1. The molecule has 1 rings (SSSR count). The molecule has 1 unspecified atom stereocenters. The lowest BCUT2D eigenvalue weighted by molar-refractivity contribution is -0.148. The Morgan fingerprint density at radius 2 is 2.00 bits per heavy atom. The predicted octanol–water partition coefficient (Wildman–Crippen LogP) is 0.923. The molecule has 0 bridgehead atoms. The first-order valence-corrected chi connectivity index (χ1v) is 4.38. The molecule has 70 valence electrons. The van der Waals surface area contributed by atoms with Crippen molar-refractivity contribution in [2.75, 3.05) is 7.11 Å². The number of hydrogen-bond donors (Lipinski definition) is 1. The van der Waals surface area contributed by atoms with Crippen molar-refractivity contribution in [3.8, 4) is 0 Å². The monoisotopic (exact) mass is 171 g/mol. The third kappa shape index (κ3) is 1.33. The number of methoxy groups -OCH3 is 1. The lowest BCUT2D eigenvalue weighted by Gasteiger charge is -2.23. The van der Waals surface area contributed by atoms with E-state index < -0.39 is 0 Å². The SMILES string of the molecule is COC(=O)C1(C(N)C(C)C)CC1. The van der Waals surface area contributed by atoms with Crippen molar-refractivity contribution in [3.05, 3.63) is 0 Å². The summed E-state index contributed by atoms with van der Waals surface area (Å²) in [5.41, 5.74) is 5.59. The van der Waals surface area contributed by atoms with Gasteiger partial charge in [-0.3, -0.25) is 4.79 Å². The Balaban J connectivity index is 2.66. The maximum absolute atomic E-state index is 11.3. The van der Waals surface area contributed by atoms with E-state index in [9.17, 15) is 4.79 Å². The highest BCUT2D eigenvalue weighted by Crippen LogP contribution is 2.50. The van der Waals surface area contributed by atoms with Gasteiger partial charge in [-0.15, -0.1) is 0 Å². The zero-order valence-electron chi connectivity index (χ0n) is 7.96. The summed E-state index contributed by atoms with van der Waals surface area (Å²) in [7, 11) is 1.43. The Labute approximate surface area is 73.3 Å². The van der Waals surface area contributed by atoms with Gasteiger partial charge in [0, 0.05) is 6.04 Å². The number of esters is 1. The van der Waals surface area contributed by atoms with Crippen molar-refractivity contribution < 1.29 is 9.53 Å². The maximum Gasteiger partial charge on any atom is 0.313 e. The standard InChI is InChI=1S/C9H17NO2/c1-6(2)7(10)9(4-5-9)8(11)12-3/h6-7H,4-5,10H2,1-3H3. The summed E-state index contributed by atoms with van der Waals surface area (Å²) < 4.78 is 4.73. The van der Waals surface area contributed by atoms with Crippen molar-refractivity contribution >= 4 is 5.97 Å². The van der Waals surface area contributed by atoms with Gasteiger partial charge in [0.25, 0.3) is 0 Å². The van der Waals surface area contributed by atoms with Crippen LogP contribution in [-0.2, 0) is 9.53 Å². The minimum atomic E-state index is -0.344. The van der Waals surface area contributed by atoms with E-state index in [2.05, 4.69) is 0 Å². The summed E-state index contributed by atoms with van der Waals surface area (Å²) in [4.78, 5) is 11.3. The van der Waals surface area contributed by atoms with Crippen LogP contribution in [0.2, 0.25) is 0 Å². The van der Waals surface area contributed by atoms with E-state index in [0.717, 1.165) is 12.8 Å². The molecule has 0 radical (unpaired) electrons. The van der Waals surface area contributed by atoms with E-state index in [4.69, 9.17) is 10.5 Å². The third-order valence-corrected chi connectivity index (χ3v) is 2.74. The summed E-state index contributed by atoms with van der Waals surface area (Å²) in [5.74, 6) is 0.204. The minimum absolute atomic E-state index is 0.0510. The highest BCUT2D eigenvalue weighted by Gasteiger charge is 2.56. The molecule has 3 heteroatoms. The molecular weight excluding hydrogens is 154 g/mol. The highest BCUT2D eigenvalue weighted by molar-refractivity contribution is 5.80. The quantitative estimate of drug-likeness (QED) is 0.642. The Morgan fingerprint density at radius 3 is 2.25 bits per heavy atom. The molecular formula is C9H17NO2. The van der Waals surface area contributed by atoms with Crippen LogP contribution in [0, 0.1) is 11.3 Å². The van der Waals surface area contributed by atoms with Crippen LogP contribution in [0.5, 0.6) is 0 Å². The smallest absolute Gasteiger partial charge is 0.313 e. The Morgan fingerprint density at radius 1 is 1.50 bits per heavy atom. The lowest BCUT2D eigenvalue weighted by atomic mass is 9.88. The van der Waals surface area contributed by atoms with Gasteiger partial charge in [0.1, 0.15) is 0 Å². The molecule has 1 atom stereocenters. The van der Waals surface area contributed by atoms with Gasteiger partial charge < -0.3 is 10.5 Å². The van der Waals surface area contributed by atoms with Crippen molar-refractivity contribution in [1.82, 2.24) is 0 Å². The van der Waals surface area contributed by atoms with Gasteiger partial charge in [-0.25, -0.2) is 0 Å². The summed E-state index contributed by atoms with van der Waals surface area (Å²) in [6.45, 7) is 4.07. The first-order valence-electron chi connectivity index (χ1n) is 4.38. The van der Waals surface area contributed by atoms with Gasteiger partial charge in [-0.1, -0.05) is 13.8 Å². The first kappa shape index (κ1) is 9.52. The Hall–Kier alpha value is -0.570. The predicted molar refractivity (Wildman–Crippen MR) is 46.5 cm³/mol. The number of carbonyl (C=O) groups excluding carboxylic acids is 1. The second-order valence-electron chi connectivity index (χ2n) is 3.92. The van der Waals surface area contributed by atoms with Crippen molar-refractivity contribution in [2.45, 2.75) is 32.7 Å². The topological polar surface area (TPSA) is 52.3 Å². The van der Waals surface area contributed by atoms with Crippen LogP contribution in [0.3, 0.4) is 0 Å². The normalized spacial score (nSPS) is 22.1. The summed E-state index contributed by atoms with van der Waals surface area (Å²) >= 11 is 0. The number of hydrogen-bond acceptors (Lipinski definition) is 3. The molecule has 1 saturated carbocycles. The third-order valence-electron chi connectivity index (χ3n) is 2.74. The largest absolute Gasteiger partial charge is 0.469 e. The number of rotatable bonds is 3. The second kappa shape index (κ2) is 3.05. The fraction of sp³-hybridized carbons (Fsp3) is 0.889. The van der Waals surface area contributed by atoms with Crippen LogP contribution in [0.4, 0.5) is 0 Å². The molecule has 0 aromatic heterocycles. The average Bonchev–Trinajstić information content (AvgIpc) is 2.82. The minimum Gasteiger partial charge on any atom is -0.469 e. The van der Waals surface area contributed by atoms with Crippen LogP contribution in [0.15, 0.2) is 0 Å². The molecule has 0 amide bonds. The second-order valence-corrected chi connectivity index (χ2v) is 3.92. The lowest BCUT2D eigenvalue weighted by Crippen LogP contribution is -2.41. The van der Waals surface area contributed by atoms with Crippen molar-refractivity contribution in [3.63, 3.8) is 0 Å². The molecule has 1 aliphatic rings. The molecule has 12 heavy (non-hydrogen) atoms. The summed E-state index contributed by atoms with van der Waals surface area (Å²) in [5, 5.41) is 0. The first-order chi connectivity index (χ1) is 5.54. The van der Waals surface area contributed by atoms with Crippen LogP contribution >= 0.6 is 0 Å². The van der Waals surface area contributed by atoms with Gasteiger partial charge in [-0.05, 0) is 18.8 Å². The Bertz CT molecular complexity index is 185. The van der Waals surface area contributed by atoms with Crippen LogP contribution in [0.1, 0.15) is 26.7 Å². The van der Waals surface area contributed by atoms with E-state index in [-0.39, 0.29) is 17.4 Å².